The van der Waals surface area contributed by atoms with E-state index in [0.29, 0.717) is 17.8 Å². The van der Waals surface area contributed by atoms with Crippen LogP contribution in [-0.4, -0.2) is 44.8 Å². The second-order valence-electron chi connectivity index (χ2n) is 15.4. The number of hydrogen-bond donors (Lipinski definition) is 3. The molecule has 1 heterocycles. The van der Waals surface area contributed by atoms with E-state index in [1.807, 2.05) is 13.8 Å². The predicted octanol–water partition coefficient (Wildman–Crippen LogP) is 5.71. The van der Waals surface area contributed by atoms with Gasteiger partial charge in [-0.05, 0) is 124 Å². The molecule has 0 amide bonds. The lowest BCUT2D eigenvalue weighted by Crippen LogP contribution is -2.66. The normalized spacial score (nSPS) is 57.1. The standard InChI is InChI=1S/C30H52O4/c1-25(2)20-10-15-28(6)21(27(20,5)13-11-22(25)32)17-19(31)24-18(9-14-29(24,28)7)30(8)16-12-23(34-30)26(3,4)33/h18-24,31-33H,9-17H2,1-8H3/t18-,19+,20?,21?,22?,23-,24?,27-,28+,29+,30+/m0/s1. The van der Waals surface area contributed by atoms with E-state index in [4.69, 9.17) is 4.74 Å². The molecule has 5 rings (SSSR count). The molecule has 3 N–H and O–H groups in total. The van der Waals surface area contributed by atoms with E-state index in [1.54, 1.807) is 0 Å². The Morgan fingerprint density at radius 1 is 0.765 bits per heavy atom. The number of hydrogen-bond acceptors (Lipinski definition) is 4. The molecular formula is C30H52O4. The van der Waals surface area contributed by atoms with Gasteiger partial charge in [-0.2, -0.15) is 0 Å². The fourth-order valence-electron chi connectivity index (χ4n) is 11.1. The summed E-state index contributed by atoms with van der Waals surface area (Å²) in [5.41, 5.74) is -0.703. The van der Waals surface area contributed by atoms with Gasteiger partial charge < -0.3 is 20.1 Å². The summed E-state index contributed by atoms with van der Waals surface area (Å²) in [5, 5.41) is 33.4. The van der Waals surface area contributed by atoms with Crippen molar-refractivity contribution in [1.29, 1.82) is 0 Å². The summed E-state index contributed by atoms with van der Waals surface area (Å²) in [5.74, 6) is 1.59. The van der Waals surface area contributed by atoms with Gasteiger partial charge in [-0.3, -0.25) is 0 Å². The Bertz CT molecular complexity index is 817. The van der Waals surface area contributed by atoms with Crippen LogP contribution in [-0.2, 0) is 4.74 Å². The van der Waals surface area contributed by atoms with Crippen LogP contribution in [0.2, 0.25) is 0 Å². The van der Waals surface area contributed by atoms with Crippen LogP contribution in [0.5, 0.6) is 0 Å². The number of fused-ring (bicyclic) bond motifs is 5. The molecule has 0 aromatic carbocycles. The molecule has 4 heteroatoms. The molecule has 5 aliphatic rings. The minimum atomic E-state index is -0.826. The van der Waals surface area contributed by atoms with E-state index in [0.717, 1.165) is 44.9 Å². The van der Waals surface area contributed by atoms with Gasteiger partial charge in [-0.15, -0.1) is 0 Å². The van der Waals surface area contributed by atoms with Crippen LogP contribution < -0.4 is 0 Å². The highest BCUT2D eigenvalue weighted by molar-refractivity contribution is 5.20. The van der Waals surface area contributed by atoms with Crippen LogP contribution in [0, 0.1) is 45.3 Å². The molecule has 4 nitrogen and oxygen atoms in total. The highest BCUT2D eigenvalue weighted by Gasteiger charge is 2.71. The lowest BCUT2D eigenvalue weighted by Gasteiger charge is -2.70. The van der Waals surface area contributed by atoms with Crippen LogP contribution in [0.1, 0.15) is 113 Å². The molecule has 4 aliphatic carbocycles. The minimum absolute atomic E-state index is 0.0630. The van der Waals surface area contributed by atoms with E-state index >= 15 is 0 Å². The van der Waals surface area contributed by atoms with Crippen LogP contribution >= 0.6 is 0 Å². The summed E-state index contributed by atoms with van der Waals surface area (Å²) in [7, 11) is 0. The van der Waals surface area contributed by atoms with Crippen molar-refractivity contribution in [2.75, 3.05) is 0 Å². The number of aliphatic hydroxyl groups excluding tert-OH is 2. The van der Waals surface area contributed by atoms with Crippen molar-refractivity contribution < 1.29 is 20.1 Å². The van der Waals surface area contributed by atoms with Crippen molar-refractivity contribution >= 4 is 0 Å². The Morgan fingerprint density at radius 2 is 1.41 bits per heavy atom. The Hall–Kier alpha value is -0.160. The SMILES string of the molecule is CC1(C)C(O)CC[C@@]2(C)C1CC[C@]1(C)C2C[C@@H](O)C2[C@@H]([C@@]3(C)CC[C@@H](C(C)(C)O)O3)CC[C@]21C. The van der Waals surface area contributed by atoms with Crippen LogP contribution in [0.3, 0.4) is 0 Å². The van der Waals surface area contributed by atoms with E-state index in [1.165, 1.54) is 12.8 Å². The maximum atomic E-state index is 11.9. The molecule has 11 atom stereocenters. The molecule has 196 valence electrons. The second kappa shape index (κ2) is 7.45. The first-order valence-corrected chi connectivity index (χ1v) is 14.3. The van der Waals surface area contributed by atoms with Crippen molar-refractivity contribution in [3.8, 4) is 0 Å². The van der Waals surface area contributed by atoms with Crippen LogP contribution in [0.15, 0.2) is 0 Å². The third-order valence-corrected chi connectivity index (χ3v) is 13.3. The average Bonchev–Trinajstić information content (AvgIpc) is 3.30. The summed E-state index contributed by atoms with van der Waals surface area (Å²) < 4.78 is 6.66. The third-order valence-electron chi connectivity index (χ3n) is 13.3. The monoisotopic (exact) mass is 476 g/mol. The molecule has 1 aliphatic heterocycles. The average molecular weight is 477 g/mol. The Morgan fingerprint density at radius 3 is 2.03 bits per heavy atom. The maximum Gasteiger partial charge on any atom is 0.0865 e. The van der Waals surface area contributed by atoms with E-state index < -0.39 is 5.60 Å². The fraction of sp³-hybridized carbons (Fsp3) is 1.00. The second-order valence-corrected chi connectivity index (χ2v) is 15.4. The summed E-state index contributed by atoms with van der Waals surface area (Å²) in [6.07, 6.45) is 8.72. The molecule has 4 unspecified atom stereocenters. The molecule has 0 spiro atoms. The first kappa shape index (κ1) is 25.5. The van der Waals surface area contributed by atoms with Crippen molar-refractivity contribution in [3.63, 3.8) is 0 Å². The number of ether oxygens (including phenoxy) is 1. The first-order chi connectivity index (χ1) is 15.5. The zero-order valence-corrected chi connectivity index (χ0v) is 23.2. The van der Waals surface area contributed by atoms with Gasteiger partial charge in [0.1, 0.15) is 0 Å². The lowest BCUT2D eigenvalue weighted by molar-refractivity contribution is -0.248. The lowest BCUT2D eigenvalue weighted by atomic mass is 9.35. The number of rotatable bonds is 2. The predicted molar refractivity (Wildman–Crippen MR) is 135 cm³/mol. The van der Waals surface area contributed by atoms with Gasteiger partial charge in [0.15, 0.2) is 0 Å². The van der Waals surface area contributed by atoms with Crippen LogP contribution in [0.4, 0.5) is 0 Å². The molecule has 0 bridgehead atoms. The van der Waals surface area contributed by atoms with E-state index in [9.17, 15) is 15.3 Å². The van der Waals surface area contributed by atoms with E-state index in [-0.39, 0.29) is 51.5 Å². The third kappa shape index (κ3) is 3.16. The number of aliphatic hydroxyl groups is 3. The highest BCUT2D eigenvalue weighted by Crippen LogP contribution is 2.76. The maximum absolute atomic E-state index is 11.9. The summed E-state index contributed by atoms with van der Waals surface area (Å²) in [4.78, 5) is 0. The van der Waals surface area contributed by atoms with Gasteiger partial charge in [0, 0.05) is 0 Å². The molecule has 0 aromatic heterocycles. The van der Waals surface area contributed by atoms with Crippen molar-refractivity contribution in [2.24, 2.45) is 45.3 Å². The van der Waals surface area contributed by atoms with Crippen molar-refractivity contribution in [3.05, 3.63) is 0 Å². The zero-order valence-electron chi connectivity index (χ0n) is 23.2. The van der Waals surface area contributed by atoms with Gasteiger partial charge >= 0.3 is 0 Å². The van der Waals surface area contributed by atoms with Crippen molar-refractivity contribution in [2.45, 2.75) is 143 Å². The molecule has 0 radical (unpaired) electrons. The molecule has 1 saturated heterocycles. The Balaban J connectivity index is 1.48. The largest absolute Gasteiger partial charge is 0.393 e. The zero-order chi connectivity index (χ0) is 25.1. The Kier molecular flexibility index (Phi) is 5.59. The van der Waals surface area contributed by atoms with Gasteiger partial charge in [-0.1, -0.05) is 34.6 Å². The molecular weight excluding hydrogens is 424 g/mol. The van der Waals surface area contributed by atoms with Gasteiger partial charge in [0.2, 0.25) is 0 Å². The van der Waals surface area contributed by atoms with Gasteiger partial charge in [0.05, 0.1) is 29.5 Å². The smallest absolute Gasteiger partial charge is 0.0865 e. The van der Waals surface area contributed by atoms with Crippen molar-refractivity contribution in [1.82, 2.24) is 0 Å². The minimum Gasteiger partial charge on any atom is -0.393 e. The Labute approximate surface area is 208 Å². The summed E-state index contributed by atoms with van der Waals surface area (Å²) >= 11 is 0. The molecule has 34 heavy (non-hydrogen) atoms. The topological polar surface area (TPSA) is 69.9 Å². The fourth-order valence-corrected chi connectivity index (χ4v) is 11.1. The quantitative estimate of drug-likeness (QED) is 0.477. The van der Waals surface area contributed by atoms with Crippen LogP contribution in [0.25, 0.3) is 0 Å². The van der Waals surface area contributed by atoms with Gasteiger partial charge in [-0.25, -0.2) is 0 Å². The van der Waals surface area contributed by atoms with Gasteiger partial charge in [0.25, 0.3) is 0 Å². The summed E-state index contributed by atoms with van der Waals surface area (Å²) in [6.45, 7) is 18.1. The van der Waals surface area contributed by atoms with E-state index in [2.05, 4.69) is 41.5 Å². The first-order valence-electron chi connectivity index (χ1n) is 14.3. The molecule has 4 saturated carbocycles. The molecule has 5 fully saturated rings. The summed E-state index contributed by atoms with van der Waals surface area (Å²) in [6, 6.07) is 0. The highest BCUT2D eigenvalue weighted by atomic mass is 16.5. The molecule has 0 aromatic rings.